The van der Waals surface area contributed by atoms with E-state index in [9.17, 15) is 4.21 Å². The molecule has 2 aromatic rings. The topological polar surface area (TPSA) is 56.0 Å². The summed E-state index contributed by atoms with van der Waals surface area (Å²) >= 11 is 3.34. The molecule has 1 aromatic heterocycles. The van der Waals surface area contributed by atoms with E-state index in [2.05, 4.69) is 20.9 Å². The van der Waals surface area contributed by atoms with E-state index in [1.54, 1.807) is 24.5 Å². The lowest BCUT2D eigenvalue weighted by atomic mass is 10.3. The molecule has 5 heteroatoms. The van der Waals surface area contributed by atoms with Crippen molar-refractivity contribution >= 4 is 32.4 Å². The zero-order valence-electron chi connectivity index (χ0n) is 8.97. The van der Waals surface area contributed by atoms with Gasteiger partial charge in [-0.3, -0.25) is 9.19 Å². The third-order valence-corrected chi connectivity index (χ3v) is 3.99. The van der Waals surface area contributed by atoms with Gasteiger partial charge in [0.05, 0.1) is 16.6 Å². The summed E-state index contributed by atoms with van der Waals surface area (Å²) < 4.78 is 13.0. The zero-order valence-corrected chi connectivity index (χ0v) is 11.4. The summed E-state index contributed by atoms with van der Waals surface area (Å²) in [6.45, 7) is 0. The maximum Gasteiger partial charge on any atom is 0.0575 e. The number of nitrogen functional groups attached to an aromatic ring is 1. The summed E-state index contributed by atoms with van der Waals surface area (Å²) in [5.41, 5.74) is 7.22. The molecule has 0 amide bonds. The van der Waals surface area contributed by atoms with E-state index in [1.807, 2.05) is 18.2 Å². The Morgan fingerprint density at radius 1 is 1.29 bits per heavy atom. The second-order valence-corrected chi connectivity index (χ2v) is 5.94. The van der Waals surface area contributed by atoms with Crippen LogP contribution >= 0.6 is 15.9 Å². The van der Waals surface area contributed by atoms with E-state index in [0.29, 0.717) is 11.4 Å². The Hall–Kier alpha value is -1.20. The van der Waals surface area contributed by atoms with Gasteiger partial charge >= 0.3 is 0 Å². The second-order valence-electron chi connectivity index (χ2n) is 3.57. The SMILES string of the molecule is Nc1cccc(S(=O)Cc2cncc(Br)c2)c1. The van der Waals surface area contributed by atoms with Gasteiger partial charge in [0.1, 0.15) is 0 Å². The summed E-state index contributed by atoms with van der Waals surface area (Å²) in [6.07, 6.45) is 3.42. The van der Waals surface area contributed by atoms with E-state index in [-0.39, 0.29) is 0 Å². The predicted molar refractivity (Wildman–Crippen MR) is 72.9 cm³/mol. The molecule has 0 bridgehead atoms. The highest BCUT2D eigenvalue weighted by atomic mass is 79.9. The van der Waals surface area contributed by atoms with Crippen molar-refractivity contribution in [1.29, 1.82) is 0 Å². The van der Waals surface area contributed by atoms with Crippen LogP contribution in [0.1, 0.15) is 5.56 Å². The van der Waals surface area contributed by atoms with Crippen LogP contribution in [-0.4, -0.2) is 9.19 Å². The first-order valence-corrected chi connectivity index (χ1v) is 7.10. The van der Waals surface area contributed by atoms with Gasteiger partial charge in [0.2, 0.25) is 0 Å². The van der Waals surface area contributed by atoms with Crippen molar-refractivity contribution in [3.05, 3.63) is 52.8 Å². The fraction of sp³-hybridized carbons (Fsp3) is 0.0833. The number of hydrogen-bond acceptors (Lipinski definition) is 3. The monoisotopic (exact) mass is 310 g/mol. The summed E-state index contributed by atoms with van der Waals surface area (Å²) in [7, 11) is -1.09. The summed E-state index contributed by atoms with van der Waals surface area (Å²) in [4.78, 5) is 4.78. The van der Waals surface area contributed by atoms with Crippen LogP contribution in [0.5, 0.6) is 0 Å². The molecule has 0 saturated heterocycles. The van der Waals surface area contributed by atoms with E-state index < -0.39 is 10.8 Å². The zero-order chi connectivity index (χ0) is 12.3. The molecule has 0 spiro atoms. The average Bonchev–Trinajstić information content (AvgIpc) is 2.29. The first kappa shape index (κ1) is 12.3. The van der Waals surface area contributed by atoms with Crippen molar-refractivity contribution in [3.63, 3.8) is 0 Å². The quantitative estimate of drug-likeness (QED) is 0.887. The van der Waals surface area contributed by atoms with E-state index >= 15 is 0 Å². The Balaban J connectivity index is 2.17. The summed E-state index contributed by atoms with van der Waals surface area (Å²) in [5.74, 6) is 0.440. The Morgan fingerprint density at radius 3 is 2.82 bits per heavy atom. The van der Waals surface area contributed by atoms with Gasteiger partial charge in [-0.1, -0.05) is 6.07 Å². The molecule has 3 nitrogen and oxygen atoms in total. The third-order valence-electron chi connectivity index (χ3n) is 2.18. The van der Waals surface area contributed by atoms with Crippen molar-refractivity contribution in [2.24, 2.45) is 0 Å². The average molecular weight is 311 g/mol. The lowest BCUT2D eigenvalue weighted by molar-refractivity contribution is 0.682. The number of hydrogen-bond donors (Lipinski definition) is 1. The van der Waals surface area contributed by atoms with Crippen molar-refractivity contribution in [2.45, 2.75) is 10.6 Å². The second kappa shape index (κ2) is 5.42. The van der Waals surface area contributed by atoms with Gasteiger partial charge in [-0.2, -0.15) is 0 Å². The van der Waals surface area contributed by atoms with Crippen LogP contribution in [0.2, 0.25) is 0 Å². The molecule has 1 atom stereocenters. The highest BCUT2D eigenvalue weighted by Crippen LogP contribution is 2.16. The number of nitrogens with zero attached hydrogens (tertiary/aromatic N) is 1. The molecule has 0 saturated carbocycles. The Labute approximate surface area is 111 Å². The van der Waals surface area contributed by atoms with Crippen LogP contribution < -0.4 is 5.73 Å². The third kappa shape index (κ3) is 3.38. The van der Waals surface area contributed by atoms with Crippen molar-refractivity contribution in [2.75, 3.05) is 5.73 Å². The molecule has 0 radical (unpaired) electrons. The van der Waals surface area contributed by atoms with Gasteiger partial charge in [-0.05, 0) is 45.8 Å². The van der Waals surface area contributed by atoms with Crippen LogP contribution in [0, 0.1) is 0 Å². The lowest BCUT2D eigenvalue weighted by Gasteiger charge is -2.03. The number of pyridine rings is 1. The summed E-state index contributed by atoms with van der Waals surface area (Å²) in [6, 6.07) is 9.06. The molecule has 0 fully saturated rings. The van der Waals surface area contributed by atoms with E-state index in [1.165, 1.54) is 0 Å². The molecule has 2 N–H and O–H groups in total. The van der Waals surface area contributed by atoms with E-state index in [4.69, 9.17) is 5.73 Å². The maximum absolute atomic E-state index is 12.1. The summed E-state index contributed by atoms with van der Waals surface area (Å²) in [5, 5.41) is 0. The first-order valence-electron chi connectivity index (χ1n) is 4.98. The van der Waals surface area contributed by atoms with Gasteiger partial charge in [-0.25, -0.2) is 0 Å². The van der Waals surface area contributed by atoms with Gasteiger partial charge in [0.25, 0.3) is 0 Å². The minimum Gasteiger partial charge on any atom is -0.399 e. The number of benzene rings is 1. The van der Waals surface area contributed by atoms with Crippen LogP contribution in [0.4, 0.5) is 5.69 Å². The smallest absolute Gasteiger partial charge is 0.0575 e. The van der Waals surface area contributed by atoms with E-state index in [0.717, 1.165) is 14.9 Å². The Kier molecular flexibility index (Phi) is 3.91. The minimum absolute atomic E-state index is 0.440. The molecule has 0 aliphatic rings. The molecule has 88 valence electrons. The molecule has 1 unspecified atom stereocenters. The number of rotatable bonds is 3. The predicted octanol–water partition coefficient (Wildman–Crippen LogP) is 2.73. The highest BCUT2D eigenvalue weighted by Gasteiger charge is 2.06. The van der Waals surface area contributed by atoms with Crippen LogP contribution in [0.25, 0.3) is 0 Å². The Morgan fingerprint density at radius 2 is 2.12 bits per heavy atom. The molecule has 1 aromatic carbocycles. The van der Waals surface area contributed by atoms with Crippen LogP contribution in [0.3, 0.4) is 0 Å². The molecule has 17 heavy (non-hydrogen) atoms. The van der Waals surface area contributed by atoms with Crippen LogP contribution in [0.15, 0.2) is 52.1 Å². The molecular weight excluding hydrogens is 300 g/mol. The molecule has 0 aliphatic heterocycles. The highest BCUT2D eigenvalue weighted by molar-refractivity contribution is 9.10. The normalized spacial score (nSPS) is 12.3. The van der Waals surface area contributed by atoms with Crippen molar-refractivity contribution in [1.82, 2.24) is 4.98 Å². The van der Waals surface area contributed by atoms with Gasteiger partial charge in [0, 0.05) is 27.4 Å². The first-order chi connectivity index (χ1) is 8.15. The van der Waals surface area contributed by atoms with Crippen LogP contribution in [-0.2, 0) is 16.6 Å². The van der Waals surface area contributed by atoms with Gasteiger partial charge in [0.15, 0.2) is 0 Å². The molecule has 0 aliphatic carbocycles. The van der Waals surface area contributed by atoms with Crippen molar-refractivity contribution < 1.29 is 4.21 Å². The van der Waals surface area contributed by atoms with Gasteiger partial charge in [-0.15, -0.1) is 0 Å². The molecule has 2 rings (SSSR count). The standard InChI is InChI=1S/C12H11BrN2OS/c13-10-4-9(6-15-7-10)8-17(16)12-3-1-2-11(14)5-12/h1-7H,8,14H2. The fourth-order valence-electron chi connectivity index (χ4n) is 1.43. The van der Waals surface area contributed by atoms with Gasteiger partial charge < -0.3 is 5.73 Å². The largest absolute Gasteiger partial charge is 0.399 e. The minimum atomic E-state index is -1.09. The number of nitrogens with two attached hydrogens (primary N) is 1. The molecule has 1 heterocycles. The molecular formula is C12H11BrN2OS. The Bertz CT molecular complexity index is 560. The number of halogens is 1. The lowest BCUT2D eigenvalue weighted by Crippen LogP contribution is -1.98. The number of anilines is 1. The van der Waals surface area contributed by atoms with Crippen molar-refractivity contribution in [3.8, 4) is 0 Å². The maximum atomic E-state index is 12.1. The number of aromatic nitrogens is 1. The fourth-order valence-corrected chi connectivity index (χ4v) is 2.96.